The molecule has 2 aromatic carbocycles. The van der Waals surface area contributed by atoms with E-state index in [0.717, 1.165) is 57.6 Å². The summed E-state index contributed by atoms with van der Waals surface area (Å²) >= 11 is 0. The lowest BCUT2D eigenvalue weighted by atomic mass is 9.73. The van der Waals surface area contributed by atoms with E-state index in [1.165, 1.54) is 101 Å². The monoisotopic (exact) mass is 763 g/mol. The quantitative estimate of drug-likeness (QED) is 0.0923. The second kappa shape index (κ2) is 27.6. The number of benzene rings is 2. The highest BCUT2D eigenvalue weighted by Gasteiger charge is 2.35. The predicted molar refractivity (Wildman–Crippen MR) is 225 cm³/mol. The summed E-state index contributed by atoms with van der Waals surface area (Å²) in [5, 5.41) is 0. The topological polar surface area (TPSA) is 60.5 Å². The van der Waals surface area contributed by atoms with Gasteiger partial charge in [-0.2, -0.15) is 0 Å². The summed E-state index contributed by atoms with van der Waals surface area (Å²) in [4.78, 5) is 15.7. The Bertz CT molecular complexity index is 1330. The average Bonchev–Trinajstić information content (AvgIpc) is 3.12. The number of nitrogens with two attached hydrogens (primary N) is 1. The molecule has 0 spiro atoms. The van der Waals surface area contributed by atoms with Crippen LogP contribution in [-0.2, 0) is 18.5 Å². The van der Waals surface area contributed by atoms with E-state index in [-0.39, 0.29) is 48.1 Å². The Morgan fingerprint density at radius 3 is 1.67 bits per heavy atom. The molecule has 8 heteroatoms. The zero-order valence-corrected chi connectivity index (χ0v) is 33.9. The minimum atomic E-state index is -0.0107. The van der Waals surface area contributed by atoms with Gasteiger partial charge in [0.2, 0.25) is 5.43 Å². The van der Waals surface area contributed by atoms with Gasteiger partial charge in [-0.3, -0.25) is 9.69 Å². The van der Waals surface area contributed by atoms with Gasteiger partial charge in [-0.15, -0.1) is 37.2 Å². The summed E-state index contributed by atoms with van der Waals surface area (Å²) in [5.41, 5.74) is 9.99. The second-order valence-corrected chi connectivity index (χ2v) is 14.4. The maximum atomic E-state index is 13.3. The van der Waals surface area contributed by atoms with Crippen LogP contribution in [-0.4, -0.2) is 35.7 Å². The minimum absolute atomic E-state index is 0. The molecule has 3 aromatic rings. The Balaban J connectivity index is 0.00000433. The molecule has 4 rings (SSSR count). The molecule has 1 saturated heterocycles. The first-order valence-corrected chi connectivity index (χ1v) is 19.5. The third-order valence-corrected chi connectivity index (χ3v) is 10.6. The predicted octanol–water partition coefficient (Wildman–Crippen LogP) is 11.3. The van der Waals surface area contributed by atoms with E-state index in [4.69, 9.17) is 10.5 Å². The van der Waals surface area contributed by atoms with Crippen LogP contribution in [0.25, 0.3) is 0 Å². The zero-order chi connectivity index (χ0) is 33.7. The molecule has 51 heavy (non-hydrogen) atoms. The van der Waals surface area contributed by atoms with Crippen molar-refractivity contribution in [2.24, 2.45) is 5.73 Å². The van der Waals surface area contributed by atoms with Crippen LogP contribution in [0.3, 0.4) is 0 Å². The maximum Gasteiger partial charge on any atom is 0.223 e. The van der Waals surface area contributed by atoms with Crippen molar-refractivity contribution >= 4 is 37.2 Å². The molecule has 1 aliphatic rings. The first kappa shape index (κ1) is 47.0. The second-order valence-electron chi connectivity index (χ2n) is 14.4. The van der Waals surface area contributed by atoms with Crippen molar-refractivity contribution in [2.75, 3.05) is 26.2 Å². The Hall–Kier alpha value is -2.02. The molecule has 0 amide bonds. The number of piperidine rings is 1. The van der Waals surface area contributed by atoms with E-state index in [1.54, 1.807) is 0 Å². The van der Waals surface area contributed by atoms with Crippen molar-refractivity contribution in [3.8, 4) is 5.75 Å². The van der Waals surface area contributed by atoms with Crippen LogP contribution in [0.5, 0.6) is 5.75 Å². The van der Waals surface area contributed by atoms with E-state index in [9.17, 15) is 4.79 Å². The summed E-state index contributed by atoms with van der Waals surface area (Å²) in [6.07, 6.45) is 25.6. The molecule has 5 nitrogen and oxygen atoms in total. The van der Waals surface area contributed by atoms with Crippen LogP contribution in [0.1, 0.15) is 139 Å². The van der Waals surface area contributed by atoms with Gasteiger partial charge in [-0.05, 0) is 43.5 Å². The molecule has 0 bridgehead atoms. The fourth-order valence-corrected chi connectivity index (χ4v) is 7.37. The number of pyridine rings is 1. The molecule has 2 heterocycles. The normalized spacial score (nSPS) is 13.8. The number of hydrogen-bond acceptors (Lipinski definition) is 4. The Morgan fingerprint density at radius 2 is 1.16 bits per heavy atom. The zero-order valence-electron chi connectivity index (χ0n) is 31.4. The lowest BCUT2D eigenvalue weighted by Gasteiger charge is -2.42. The number of nitrogens with zero attached hydrogens (tertiary/aromatic N) is 2. The summed E-state index contributed by atoms with van der Waals surface area (Å²) in [5.74, 6) is 0.473. The van der Waals surface area contributed by atoms with Crippen molar-refractivity contribution in [3.05, 3.63) is 100.0 Å². The van der Waals surface area contributed by atoms with E-state index in [0.29, 0.717) is 18.9 Å². The van der Waals surface area contributed by atoms with Crippen molar-refractivity contribution in [2.45, 2.75) is 141 Å². The molecule has 1 aliphatic heterocycles. The van der Waals surface area contributed by atoms with Crippen LogP contribution in [0, 0.1) is 0 Å². The highest BCUT2D eigenvalue weighted by atomic mass is 35.5. The number of rotatable bonds is 24. The van der Waals surface area contributed by atoms with Gasteiger partial charge in [0.1, 0.15) is 0 Å². The first-order valence-electron chi connectivity index (χ1n) is 19.5. The third-order valence-electron chi connectivity index (χ3n) is 10.6. The number of ether oxygens (including phenoxy) is 1. The number of unbranched alkanes of at least 4 members (excludes halogenated alkanes) is 15. The van der Waals surface area contributed by atoms with Crippen molar-refractivity contribution in [1.29, 1.82) is 0 Å². The van der Waals surface area contributed by atoms with E-state index < -0.39 is 0 Å². The van der Waals surface area contributed by atoms with Gasteiger partial charge in [0, 0.05) is 36.8 Å². The molecule has 0 unspecified atom stereocenters. The van der Waals surface area contributed by atoms with Crippen LogP contribution in [0.4, 0.5) is 0 Å². The van der Waals surface area contributed by atoms with E-state index in [2.05, 4.69) is 71.0 Å². The van der Waals surface area contributed by atoms with Gasteiger partial charge in [-0.1, -0.05) is 164 Å². The van der Waals surface area contributed by atoms with E-state index in [1.807, 2.05) is 18.3 Å². The SMILES string of the molecule is CCCCCCCCCCCCCCCCCCOc1cn(Cc2ccccc2)c(CN2CCC(CN)(c3ccccc3)CC2)cc1=O.Cl.Cl.Cl. The smallest absolute Gasteiger partial charge is 0.223 e. The molecular formula is C43H68Cl3N3O2. The largest absolute Gasteiger partial charge is 0.488 e. The highest BCUT2D eigenvalue weighted by Crippen LogP contribution is 2.35. The molecule has 0 aliphatic carbocycles. The van der Waals surface area contributed by atoms with Crippen molar-refractivity contribution in [1.82, 2.24) is 9.47 Å². The van der Waals surface area contributed by atoms with Crippen LogP contribution in [0.15, 0.2) is 77.7 Å². The fourth-order valence-electron chi connectivity index (χ4n) is 7.37. The Kier molecular flexibility index (Phi) is 25.4. The standard InChI is InChI=1S/C43H65N3O2.3ClH/c1-2-3-4-5-6-7-8-9-10-11-12-13-14-15-16-23-32-48-42-36-46(34-38-24-19-17-20-25-38)40(33-41(42)47)35-45-30-28-43(37-44,29-31-45)39-26-21-18-22-27-39;;;/h17-22,24-27,33,36H,2-16,23,28-32,34-35,37,44H2,1H3;3*1H. The molecule has 288 valence electrons. The number of aromatic nitrogens is 1. The average molecular weight is 765 g/mol. The summed E-state index contributed by atoms with van der Waals surface area (Å²) in [7, 11) is 0. The summed E-state index contributed by atoms with van der Waals surface area (Å²) in [6, 6.07) is 23.1. The number of hydrogen-bond donors (Lipinski definition) is 1. The van der Waals surface area contributed by atoms with Gasteiger partial charge in [-0.25, -0.2) is 0 Å². The maximum absolute atomic E-state index is 13.3. The summed E-state index contributed by atoms with van der Waals surface area (Å²) < 4.78 is 8.33. The van der Waals surface area contributed by atoms with Crippen molar-refractivity contribution in [3.63, 3.8) is 0 Å². The first-order chi connectivity index (χ1) is 23.6. The lowest BCUT2D eigenvalue weighted by molar-refractivity contribution is 0.153. The molecule has 1 aromatic heterocycles. The third kappa shape index (κ3) is 16.7. The van der Waals surface area contributed by atoms with Gasteiger partial charge in [0.05, 0.1) is 12.8 Å². The van der Waals surface area contributed by atoms with Gasteiger partial charge >= 0.3 is 0 Å². The fraction of sp³-hybridized carbons (Fsp3) is 0.605. The number of likely N-dealkylation sites (tertiary alicyclic amines) is 1. The van der Waals surface area contributed by atoms with Crippen molar-refractivity contribution < 1.29 is 4.74 Å². The van der Waals surface area contributed by atoms with Gasteiger partial charge < -0.3 is 15.0 Å². The van der Waals surface area contributed by atoms with Gasteiger partial charge in [0.25, 0.3) is 0 Å². The summed E-state index contributed by atoms with van der Waals surface area (Å²) in [6.45, 7) is 6.94. The minimum Gasteiger partial charge on any atom is -0.488 e. The van der Waals surface area contributed by atoms with Gasteiger partial charge in [0.15, 0.2) is 5.75 Å². The molecule has 0 radical (unpaired) electrons. The van der Waals surface area contributed by atoms with Crippen LogP contribution >= 0.6 is 37.2 Å². The Labute approximate surface area is 328 Å². The van der Waals surface area contributed by atoms with E-state index >= 15 is 0 Å². The molecular weight excluding hydrogens is 697 g/mol. The molecule has 1 fully saturated rings. The highest BCUT2D eigenvalue weighted by molar-refractivity contribution is 5.86. The van der Waals surface area contributed by atoms with Crippen LogP contribution < -0.4 is 15.9 Å². The molecule has 0 atom stereocenters. The number of halogens is 3. The molecule has 0 saturated carbocycles. The van der Waals surface area contributed by atoms with Crippen LogP contribution in [0.2, 0.25) is 0 Å². The lowest BCUT2D eigenvalue weighted by Crippen LogP contribution is -2.46. The Morgan fingerprint density at radius 1 is 0.667 bits per heavy atom. The molecule has 2 N–H and O–H groups in total.